The molecule has 3 saturated carbocycles. The zero-order chi connectivity index (χ0) is 16.2. The maximum atomic E-state index is 13.2. The van der Waals surface area contributed by atoms with E-state index >= 15 is 0 Å². The lowest BCUT2D eigenvalue weighted by molar-refractivity contribution is -0.141. The number of hydrogen-bond acceptors (Lipinski definition) is 2. The first-order valence-corrected chi connectivity index (χ1v) is 9.32. The number of fused-ring (bicyclic) bond motifs is 5. The highest BCUT2D eigenvalue weighted by atomic mass is 16.1. The summed E-state index contributed by atoms with van der Waals surface area (Å²) in [7, 11) is 0. The highest BCUT2D eigenvalue weighted by molar-refractivity contribution is 5.85. The Kier molecular flexibility index (Phi) is 3.34. The van der Waals surface area contributed by atoms with E-state index in [-0.39, 0.29) is 16.7 Å². The molecule has 0 N–H and O–H groups in total. The Balaban J connectivity index is 1.75. The van der Waals surface area contributed by atoms with Crippen molar-refractivity contribution in [1.29, 1.82) is 5.26 Å². The molecule has 4 aliphatic rings. The van der Waals surface area contributed by atoms with Crippen molar-refractivity contribution in [1.82, 2.24) is 0 Å². The third kappa shape index (κ3) is 1.95. The fraction of sp³-hybridized carbons (Fsp3) is 0.714. The van der Waals surface area contributed by atoms with Crippen LogP contribution in [0.5, 0.6) is 0 Å². The standard InChI is InChI=1S/C21H27NO/c1-20-11-4-3-5-14(20)6-8-16-17-9-7-15(10-12-22)21(17,2)13-18(23)19(16)20/h5,10,16-17,19H,3-4,6-9,11,13H2,1-2H3/b15-10-/t16-,17-,19+,20-,21+/m0/s1. The molecule has 0 spiro atoms. The zero-order valence-electron chi connectivity index (χ0n) is 14.4. The van der Waals surface area contributed by atoms with Gasteiger partial charge in [0.05, 0.1) is 6.07 Å². The van der Waals surface area contributed by atoms with E-state index in [4.69, 9.17) is 5.26 Å². The quantitative estimate of drug-likeness (QED) is 0.468. The summed E-state index contributed by atoms with van der Waals surface area (Å²) in [6.07, 6.45) is 13.0. The minimum atomic E-state index is -0.0414. The fourth-order valence-electron chi connectivity index (χ4n) is 6.74. The molecule has 0 aromatic heterocycles. The van der Waals surface area contributed by atoms with Gasteiger partial charge < -0.3 is 0 Å². The molecule has 2 heteroatoms. The van der Waals surface area contributed by atoms with Gasteiger partial charge in [-0.25, -0.2) is 0 Å². The molecule has 0 radical (unpaired) electrons. The van der Waals surface area contributed by atoms with Gasteiger partial charge in [0.15, 0.2) is 0 Å². The predicted molar refractivity (Wildman–Crippen MR) is 90.4 cm³/mol. The minimum Gasteiger partial charge on any atom is -0.299 e. The molecular formula is C21H27NO. The first-order chi connectivity index (χ1) is 11.0. The molecule has 4 aliphatic carbocycles. The van der Waals surface area contributed by atoms with Crippen molar-refractivity contribution in [3.05, 3.63) is 23.3 Å². The van der Waals surface area contributed by atoms with Crippen LogP contribution in [-0.2, 0) is 4.79 Å². The second-order valence-electron chi connectivity index (χ2n) is 8.72. The molecule has 0 aliphatic heterocycles. The van der Waals surface area contributed by atoms with Gasteiger partial charge in [-0.2, -0.15) is 5.26 Å². The number of allylic oxidation sites excluding steroid dienone is 4. The molecule has 122 valence electrons. The second-order valence-corrected chi connectivity index (χ2v) is 8.72. The summed E-state index contributed by atoms with van der Waals surface area (Å²) in [5.41, 5.74) is 2.90. The average Bonchev–Trinajstić information content (AvgIpc) is 2.83. The van der Waals surface area contributed by atoms with Crippen molar-refractivity contribution in [2.45, 2.75) is 65.2 Å². The molecular weight excluding hydrogens is 282 g/mol. The SMILES string of the molecule is C[C@]12CCCC=C1CC[C@@H]1[C@@H]2C(=O)C[C@]2(C)/C(=C\C#N)CC[C@@H]12. The summed E-state index contributed by atoms with van der Waals surface area (Å²) < 4.78 is 0. The molecule has 0 unspecified atom stereocenters. The highest BCUT2D eigenvalue weighted by Gasteiger charge is 2.60. The van der Waals surface area contributed by atoms with E-state index in [0.29, 0.717) is 24.0 Å². The third-order valence-corrected chi connectivity index (χ3v) is 7.81. The minimum absolute atomic E-state index is 0.0414. The molecule has 5 atom stereocenters. The third-order valence-electron chi connectivity index (χ3n) is 7.81. The van der Waals surface area contributed by atoms with E-state index in [0.717, 1.165) is 6.42 Å². The van der Waals surface area contributed by atoms with Crippen molar-refractivity contribution in [3.8, 4) is 6.07 Å². The van der Waals surface area contributed by atoms with Crippen LogP contribution < -0.4 is 0 Å². The average molecular weight is 309 g/mol. The van der Waals surface area contributed by atoms with E-state index in [2.05, 4.69) is 26.0 Å². The van der Waals surface area contributed by atoms with Crippen molar-refractivity contribution in [2.75, 3.05) is 0 Å². The van der Waals surface area contributed by atoms with Crippen LogP contribution in [0.1, 0.15) is 65.2 Å². The number of carbonyl (C=O) groups is 1. The van der Waals surface area contributed by atoms with Crippen LogP contribution in [0.4, 0.5) is 0 Å². The first kappa shape index (κ1) is 15.2. The summed E-state index contributed by atoms with van der Waals surface area (Å²) in [5, 5.41) is 9.11. The Morgan fingerprint density at radius 2 is 2.09 bits per heavy atom. The van der Waals surface area contributed by atoms with E-state index in [1.54, 1.807) is 11.6 Å². The summed E-state index contributed by atoms with van der Waals surface area (Å²) >= 11 is 0. The van der Waals surface area contributed by atoms with Crippen LogP contribution in [0.2, 0.25) is 0 Å². The summed E-state index contributed by atoms with van der Waals surface area (Å²) in [5.74, 6) is 1.85. The van der Waals surface area contributed by atoms with Gasteiger partial charge in [-0.15, -0.1) is 0 Å². The number of Topliss-reactive ketones (excluding diaryl/α,β-unsaturated/α-hetero) is 1. The number of hydrogen-bond donors (Lipinski definition) is 0. The Bertz CT molecular complexity index is 651. The molecule has 3 fully saturated rings. The fourth-order valence-corrected chi connectivity index (χ4v) is 6.74. The lowest BCUT2D eigenvalue weighted by Gasteiger charge is -2.56. The number of rotatable bonds is 0. The van der Waals surface area contributed by atoms with E-state index in [1.807, 2.05) is 0 Å². The Labute approximate surface area is 139 Å². The van der Waals surface area contributed by atoms with Gasteiger partial charge >= 0.3 is 0 Å². The number of ketones is 1. The van der Waals surface area contributed by atoms with E-state index in [9.17, 15) is 4.79 Å². The Morgan fingerprint density at radius 1 is 1.26 bits per heavy atom. The molecule has 0 bridgehead atoms. The molecule has 0 heterocycles. The lowest BCUT2D eigenvalue weighted by atomic mass is 9.47. The smallest absolute Gasteiger partial charge is 0.138 e. The topological polar surface area (TPSA) is 40.9 Å². The molecule has 0 aromatic carbocycles. The van der Waals surface area contributed by atoms with E-state index in [1.165, 1.54) is 44.1 Å². The number of nitriles is 1. The van der Waals surface area contributed by atoms with Gasteiger partial charge in [-0.1, -0.05) is 31.1 Å². The molecule has 23 heavy (non-hydrogen) atoms. The Morgan fingerprint density at radius 3 is 2.87 bits per heavy atom. The second kappa shape index (κ2) is 5.07. The van der Waals surface area contributed by atoms with Gasteiger partial charge in [0, 0.05) is 18.4 Å². The van der Waals surface area contributed by atoms with Gasteiger partial charge in [0.1, 0.15) is 5.78 Å². The monoisotopic (exact) mass is 309 g/mol. The Hall–Kier alpha value is -1.36. The summed E-state index contributed by atoms with van der Waals surface area (Å²) in [6.45, 7) is 4.63. The van der Waals surface area contributed by atoms with Gasteiger partial charge in [-0.3, -0.25) is 4.79 Å². The van der Waals surface area contributed by atoms with Crippen molar-refractivity contribution >= 4 is 5.78 Å². The maximum Gasteiger partial charge on any atom is 0.138 e. The van der Waals surface area contributed by atoms with Gasteiger partial charge in [-0.05, 0) is 67.6 Å². The largest absolute Gasteiger partial charge is 0.299 e. The number of nitrogens with zero attached hydrogens (tertiary/aromatic N) is 1. The van der Waals surface area contributed by atoms with Crippen LogP contribution >= 0.6 is 0 Å². The molecule has 2 nitrogen and oxygen atoms in total. The van der Waals surface area contributed by atoms with Crippen LogP contribution in [-0.4, -0.2) is 5.78 Å². The lowest BCUT2D eigenvalue weighted by Crippen LogP contribution is -2.53. The van der Waals surface area contributed by atoms with Crippen LogP contribution in [0.25, 0.3) is 0 Å². The van der Waals surface area contributed by atoms with Crippen LogP contribution in [0.3, 0.4) is 0 Å². The summed E-state index contributed by atoms with van der Waals surface area (Å²) in [4.78, 5) is 13.2. The van der Waals surface area contributed by atoms with Gasteiger partial charge in [0.2, 0.25) is 0 Å². The summed E-state index contributed by atoms with van der Waals surface area (Å²) in [6, 6.07) is 2.23. The van der Waals surface area contributed by atoms with Crippen LogP contribution in [0, 0.1) is 39.9 Å². The molecule has 0 aromatic rings. The van der Waals surface area contributed by atoms with Crippen molar-refractivity contribution < 1.29 is 4.79 Å². The number of carbonyl (C=O) groups excluding carboxylic acids is 1. The first-order valence-electron chi connectivity index (χ1n) is 9.32. The van der Waals surface area contributed by atoms with Crippen molar-refractivity contribution in [3.63, 3.8) is 0 Å². The molecule has 0 amide bonds. The molecule has 4 rings (SSSR count). The maximum absolute atomic E-state index is 13.2. The highest BCUT2D eigenvalue weighted by Crippen LogP contribution is 2.65. The normalized spacial score (nSPS) is 47.3. The zero-order valence-corrected chi connectivity index (χ0v) is 14.4. The van der Waals surface area contributed by atoms with Crippen molar-refractivity contribution in [2.24, 2.45) is 28.6 Å². The predicted octanol–water partition coefficient (Wildman–Crippen LogP) is 4.97. The van der Waals surface area contributed by atoms with Gasteiger partial charge in [0.25, 0.3) is 0 Å². The van der Waals surface area contributed by atoms with E-state index < -0.39 is 0 Å². The van der Waals surface area contributed by atoms with Crippen LogP contribution in [0.15, 0.2) is 23.3 Å². The molecule has 0 saturated heterocycles.